The smallest absolute Gasteiger partial charge is 0.222 e. The van der Waals surface area contributed by atoms with Crippen molar-refractivity contribution in [1.29, 1.82) is 0 Å². The SMILES string of the molecule is COC1=C(N)CC(O)(COS(=O)(=O)[O-])CC1=[NH+]C(C(=O)[O-])C(C)O. The normalized spacial score (nSPS) is 26.3. The number of carboxylic acid groups (broad SMARTS) is 1. The Morgan fingerprint density at radius 2 is 2.08 bits per heavy atom. The van der Waals surface area contributed by atoms with Crippen molar-refractivity contribution in [2.45, 2.75) is 37.5 Å². The van der Waals surface area contributed by atoms with Crippen molar-refractivity contribution in [2.24, 2.45) is 5.73 Å². The second-order valence-electron chi connectivity index (χ2n) is 5.47. The van der Waals surface area contributed by atoms with Crippen LogP contribution in [0.3, 0.4) is 0 Å². The summed E-state index contributed by atoms with van der Waals surface area (Å²) in [5.41, 5.74) is 3.83. The molecule has 1 rings (SSSR count). The van der Waals surface area contributed by atoms with Crippen LogP contribution in [-0.4, -0.2) is 66.3 Å². The molecule has 0 heterocycles. The fourth-order valence-corrected chi connectivity index (χ4v) is 2.68. The fraction of sp³-hybridized carbons (Fsp3) is 0.667. The van der Waals surface area contributed by atoms with Crippen LogP contribution in [0.2, 0.25) is 0 Å². The third-order valence-corrected chi connectivity index (χ3v) is 3.74. The lowest BCUT2D eigenvalue weighted by molar-refractivity contribution is -0.519. The highest BCUT2D eigenvalue weighted by atomic mass is 32.3. The van der Waals surface area contributed by atoms with E-state index in [0.29, 0.717) is 0 Å². The first kappa shape index (κ1) is 20.3. The molecule has 0 bridgehead atoms. The second kappa shape index (κ2) is 7.44. The lowest BCUT2D eigenvalue weighted by atomic mass is 9.85. The van der Waals surface area contributed by atoms with Gasteiger partial charge in [0.1, 0.15) is 17.7 Å². The van der Waals surface area contributed by atoms with Gasteiger partial charge in [-0.05, 0) is 6.92 Å². The van der Waals surface area contributed by atoms with Crippen LogP contribution in [-0.2, 0) is 24.1 Å². The summed E-state index contributed by atoms with van der Waals surface area (Å²) in [6, 6.07) is -1.54. The van der Waals surface area contributed by atoms with Gasteiger partial charge in [-0.2, -0.15) is 0 Å². The van der Waals surface area contributed by atoms with E-state index in [1.165, 1.54) is 14.0 Å². The van der Waals surface area contributed by atoms with E-state index in [0.717, 1.165) is 0 Å². The van der Waals surface area contributed by atoms with Gasteiger partial charge in [-0.25, -0.2) is 13.4 Å². The van der Waals surface area contributed by atoms with Crippen LogP contribution in [0.1, 0.15) is 19.8 Å². The Balaban J connectivity index is 3.21. The third-order valence-electron chi connectivity index (χ3n) is 3.33. The minimum Gasteiger partial charge on any atom is -0.726 e. The van der Waals surface area contributed by atoms with Crippen molar-refractivity contribution in [3.8, 4) is 0 Å². The maximum Gasteiger partial charge on any atom is 0.222 e. The molecule has 0 aromatic carbocycles. The van der Waals surface area contributed by atoms with Crippen LogP contribution in [0.4, 0.5) is 0 Å². The predicted octanol–water partition coefficient (Wildman–Crippen LogP) is -5.17. The van der Waals surface area contributed by atoms with Gasteiger partial charge in [-0.1, -0.05) is 0 Å². The molecule has 138 valence electrons. The van der Waals surface area contributed by atoms with Crippen LogP contribution in [0.15, 0.2) is 11.5 Å². The number of aliphatic hydroxyl groups is 2. The summed E-state index contributed by atoms with van der Waals surface area (Å²) < 4.78 is 40.8. The first-order valence-corrected chi connectivity index (χ1v) is 8.09. The fourth-order valence-electron chi connectivity index (χ4n) is 2.32. The van der Waals surface area contributed by atoms with Crippen molar-refractivity contribution in [1.82, 2.24) is 0 Å². The summed E-state index contributed by atoms with van der Waals surface area (Å²) in [7, 11) is -3.78. The zero-order valence-corrected chi connectivity index (χ0v) is 13.8. The second-order valence-corrected chi connectivity index (χ2v) is 6.52. The molecule has 1 aliphatic rings. The standard InChI is InChI=1S/C12H20N2O9S/c1-6(15)9(11(16)17)14-8-4-12(18,5-23-24(19,20)21)3-7(13)10(8)22-2/h6,9,15,18H,3-5,13H2,1-2H3,(H,16,17)(H,19,20,21)/p-1. The molecule has 3 unspecified atom stereocenters. The summed E-state index contributed by atoms with van der Waals surface area (Å²) >= 11 is 0. The molecule has 0 fully saturated rings. The highest BCUT2D eigenvalue weighted by Gasteiger charge is 2.42. The van der Waals surface area contributed by atoms with Gasteiger partial charge in [0.05, 0.1) is 25.8 Å². The molecule has 12 heteroatoms. The number of rotatable bonds is 7. The lowest BCUT2D eigenvalue weighted by Crippen LogP contribution is -2.87. The molecule has 24 heavy (non-hydrogen) atoms. The highest BCUT2D eigenvalue weighted by molar-refractivity contribution is 7.80. The average Bonchev–Trinajstić information content (AvgIpc) is 2.41. The zero-order chi connectivity index (χ0) is 18.7. The number of carbonyl (C=O) groups excluding carboxylic acids is 1. The van der Waals surface area contributed by atoms with Crippen molar-refractivity contribution < 1.29 is 47.0 Å². The maximum absolute atomic E-state index is 11.1. The van der Waals surface area contributed by atoms with E-state index in [4.69, 9.17) is 10.5 Å². The Hall–Kier alpha value is -1.73. The first-order valence-electron chi connectivity index (χ1n) is 6.75. The van der Waals surface area contributed by atoms with E-state index in [9.17, 15) is 33.1 Å². The first-order chi connectivity index (χ1) is 10.9. The Morgan fingerprint density at radius 1 is 1.50 bits per heavy atom. The largest absolute Gasteiger partial charge is 0.726 e. The number of aliphatic hydroxyl groups excluding tert-OH is 1. The molecule has 0 aromatic heterocycles. The topological polar surface area (TPSA) is 196 Å². The molecular formula is C12H19N2O9S-. The average molecular weight is 367 g/mol. The predicted molar refractivity (Wildman–Crippen MR) is 74.5 cm³/mol. The molecule has 0 aromatic rings. The Labute approximate surface area is 138 Å². The summed E-state index contributed by atoms with van der Waals surface area (Å²) in [6.45, 7) is 0.322. The quantitative estimate of drug-likeness (QED) is 0.249. The number of hydrogen-bond donors (Lipinski definition) is 4. The molecule has 0 aliphatic heterocycles. The van der Waals surface area contributed by atoms with Gasteiger partial charge >= 0.3 is 0 Å². The number of ether oxygens (including phenoxy) is 1. The Morgan fingerprint density at radius 3 is 2.50 bits per heavy atom. The summed E-state index contributed by atoms with van der Waals surface area (Å²) in [4.78, 5) is 13.5. The van der Waals surface area contributed by atoms with E-state index in [1.54, 1.807) is 0 Å². The highest BCUT2D eigenvalue weighted by Crippen LogP contribution is 2.28. The van der Waals surface area contributed by atoms with Crippen LogP contribution < -0.4 is 15.8 Å². The van der Waals surface area contributed by atoms with Gasteiger partial charge in [0.2, 0.25) is 27.9 Å². The summed E-state index contributed by atoms with van der Waals surface area (Å²) in [5, 5.41) is 30.9. The van der Waals surface area contributed by atoms with E-state index in [1.807, 2.05) is 0 Å². The van der Waals surface area contributed by atoms with Crippen molar-refractivity contribution in [3.05, 3.63) is 11.5 Å². The zero-order valence-electron chi connectivity index (χ0n) is 13.0. The van der Waals surface area contributed by atoms with Crippen molar-refractivity contribution in [3.63, 3.8) is 0 Å². The summed E-state index contributed by atoms with van der Waals surface area (Å²) in [6.07, 6.45) is -1.99. The van der Waals surface area contributed by atoms with Crippen molar-refractivity contribution >= 4 is 22.1 Å². The number of aliphatic carboxylic acids is 1. The van der Waals surface area contributed by atoms with Crippen LogP contribution in [0, 0.1) is 0 Å². The van der Waals surface area contributed by atoms with Crippen LogP contribution >= 0.6 is 0 Å². The van der Waals surface area contributed by atoms with E-state index < -0.39 is 40.7 Å². The van der Waals surface area contributed by atoms with E-state index in [2.05, 4.69) is 9.18 Å². The molecule has 0 saturated carbocycles. The molecule has 11 nitrogen and oxygen atoms in total. The van der Waals surface area contributed by atoms with Gasteiger partial charge < -0.3 is 35.1 Å². The van der Waals surface area contributed by atoms with Gasteiger partial charge in [-0.15, -0.1) is 0 Å². The third kappa shape index (κ3) is 5.42. The van der Waals surface area contributed by atoms with Gasteiger partial charge in [0, 0.05) is 6.42 Å². The molecule has 3 atom stereocenters. The number of carbonyl (C=O) groups is 1. The molecule has 0 saturated heterocycles. The van der Waals surface area contributed by atoms with E-state index in [-0.39, 0.29) is 30.0 Å². The Kier molecular flexibility index (Phi) is 6.30. The molecule has 5 N–H and O–H groups in total. The van der Waals surface area contributed by atoms with Gasteiger partial charge in [-0.3, -0.25) is 4.18 Å². The number of allylic oxidation sites excluding steroid dienone is 1. The summed E-state index contributed by atoms with van der Waals surface area (Å²) in [5.74, 6) is -1.57. The number of nitrogens with one attached hydrogen (secondary N) is 1. The number of nitrogens with two attached hydrogens (primary N) is 1. The van der Waals surface area contributed by atoms with Crippen molar-refractivity contribution in [2.75, 3.05) is 13.7 Å². The number of hydrogen-bond acceptors (Lipinski definition) is 10. The molecule has 1 aliphatic carbocycles. The lowest BCUT2D eigenvalue weighted by Gasteiger charge is -2.32. The molecule has 0 spiro atoms. The molecule has 0 radical (unpaired) electrons. The van der Waals surface area contributed by atoms with Gasteiger partial charge in [0.25, 0.3) is 0 Å². The minimum absolute atomic E-state index is 0.00857. The molecule has 0 amide bonds. The van der Waals surface area contributed by atoms with Crippen LogP contribution in [0.25, 0.3) is 0 Å². The Bertz CT molecular complexity index is 655. The maximum atomic E-state index is 11.1. The number of methoxy groups -OCH3 is 1. The number of carboxylic acids is 1. The monoisotopic (exact) mass is 367 g/mol. The minimum atomic E-state index is -5.04. The molecular weight excluding hydrogens is 348 g/mol. The van der Waals surface area contributed by atoms with Crippen LogP contribution in [0.5, 0.6) is 0 Å². The van der Waals surface area contributed by atoms with E-state index >= 15 is 0 Å². The van der Waals surface area contributed by atoms with Gasteiger partial charge in [0.15, 0.2) is 0 Å².